The van der Waals surface area contributed by atoms with E-state index in [1.165, 1.54) is 17.5 Å². The highest BCUT2D eigenvalue weighted by Crippen LogP contribution is 2.26. The number of amides is 1. The summed E-state index contributed by atoms with van der Waals surface area (Å²) in [4.78, 5) is 14.3. The normalized spacial score (nSPS) is 21.2. The molecule has 1 aromatic rings. The first-order valence-electron chi connectivity index (χ1n) is 7.01. The van der Waals surface area contributed by atoms with Gasteiger partial charge < -0.3 is 10.2 Å². The van der Waals surface area contributed by atoms with Crippen LogP contribution in [0.2, 0.25) is 5.02 Å². The first-order valence-corrected chi connectivity index (χ1v) is 7.39. The van der Waals surface area contributed by atoms with Crippen LogP contribution in [0, 0.1) is 0 Å². The first kappa shape index (κ1) is 15.6. The minimum atomic E-state index is 0. The predicted octanol–water partition coefficient (Wildman–Crippen LogP) is 2.79. The highest BCUT2D eigenvalue weighted by atomic mass is 35.5. The minimum absolute atomic E-state index is 0. The van der Waals surface area contributed by atoms with Gasteiger partial charge in [0.1, 0.15) is 0 Å². The molecule has 2 aliphatic rings. The fourth-order valence-electron chi connectivity index (χ4n) is 3.05. The molecule has 0 spiro atoms. The van der Waals surface area contributed by atoms with Gasteiger partial charge >= 0.3 is 0 Å². The summed E-state index contributed by atoms with van der Waals surface area (Å²) in [6.07, 6.45) is 3.83. The summed E-state index contributed by atoms with van der Waals surface area (Å²) in [6, 6.07) is 6.36. The second kappa shape index (κ2) is 6.79. The van der Waals surface area contributed by atoms with Crippen LogP contribution in [0.4, 0.5) is 0 Å². The standard InChI is InChI=1S/C15H19ClN2O.ClH/c16-14-5-1-3-11-10-18(8-6-13(11)14)15(19)9-12-4-2-7-17-12;/h1,3,5,12,17H,2,4,6-10H2;1H. The summed E-state index contributed by atoms with van der Waals surface area (Å²) in [7, 11) is 0. The Balaban J connectivity index is 0.00000147. The van der Waals surface area contributed by atoms with Gasteiger partial charge in [0, 0.05) is 30.6 Å². The number of nitrogens with zero attached hydrogens (tertiary/aromatic N) is 1. The van der Waals surface area contributed by atoms with Crippen molar-refractivity contribution in [2.24, 2.45) is 0 Å². The molecule has 1 aromatic carbocycles. The lowest BCUT2D eigenvalue weighted by molar-refractivity contribution is -0.132. The van der Waals surface area contributed by atoms with Crippen molar-refractivity contribution in [3.05, 3.63) is 34.3 Å². The average molecular weight is 315 g/mol. The fourth-order valence-corrected chi connectivity index (χ4v) is 3.34. The van der Waals surface area contributed by atoms with Crippen LogP contribution in [0.15, 0.2) is 18.2 Å². The van der Waals surface area contributed by atoms with Gasteiger partial charge in [-0.15, -0.1) is 12.4 Å². The van der Waals surface area contributed by atoms with Gasteiger partial charge in [-0.2, -0.15) is 0 Å². The Labute approximate surface area is 131 Å². The summed E-state index contributed by atoms with van der Waals surface area (Å²) >= 11 is 6.19. The highest BCUT2D eigenvalue weighted by Gasteiger charge is 2.25. The monoisotopic (exact) mass is 314 g/mol. The van der Waals surface area contributed by atoms with Crippen molar-refractivity contribution in [2.45, 2.75) is 38.3 Å². The van der Waals surface area contributed by atoms with Crippen molar-refractivity contribution in [2.75, 3.05) is 13.1 Å². The molecule has 5 heteroatoms. The summed E-state index contributed by atoms with van der Waals surface area (Å²) in [5.74, 6) is 0.269. The summed E-state index contributed by atoms with van der Waals surface area (Å²) < 4.78 is 0. The molecule has 3 rings (SSSR count). The van der Waals surface area contributed by atoms with Crippen LogP contribution in [0.1, 0.15) is 30.4 Å². The second-order valence-electron chi connectivity index (χ2n) is 5.44. The molecular weight excluding hydrogens is 295 g/mol. The largest absolute Gasteiger partial charge is 0.338 e. The van der Waals surface area contributed by atoms with Crippen LogP contribution in [-0.2, 0) is 17.8 Å². The zero-order valence-corrected chi connectivity index (χ0v) is 13.0. The van der Waals surface area contributed by atoms with E-state index in [4.69, 9.17) is 11.6 Å². The lowest BCUT2D eigenvalue weighted by atomic mass is 9.99. The van der Waals surface area contributed by atoms with Crippen molar-refractivity contribution in [1.82, 2.24) is 10.2 Å². The molecule has 1 N–H and O–H groups in total. The Morgan fingerprint density at radius 1 is 1.45 bits per heavy atom. The lowest BCUT2D eigenvalue weighted by Gasteiger charge is -2.30. The van der Waals surface area contributed by atoms with E-state index in [2.05, 4.69) is 11.4 Å². The third-order valence-corrected chi connectivity index (χ3v) is 4.50. The molecule has 20 heavy (non-hydrogen) atoms. The molecule has 3 nitrogen and oxygen atoms in total. The van der Waals surface area contributed by atoms with E-state index >= 15 is 0 Å². The van der Waals surface area contributed by atoms with Crippen LogP contribution in [0.5, 0.6) is 0 Å². The quantitative estimate of drug-likeness (QED) is 0.910. The summed E-state index contributed by atoms with van der Waals surface area (Å²) in [5.41, 5.74) is 2.42. The third kappa shape index (κ3) is 3.27. The van der Waals surface area contributed by atoms with Crippen molar-refractivity contribution >= 4 is 29.9 Å². The number of carbonyl (C=O) groups is 1. The van der Waals surface area contributed by atoms with Crippen LogP contribution in [0.3, 0.4) is 0 Å². The van der Waals surface area contributed by atoms with Gasteiger partial charge in [0.25, 0.3) is 0 Å². The number of carbonyl (C=O) groups excluding carboxylic acids is 1. The molecule has 1 atom stereocenters. The third-order valence-electron chi connectivity index (χ3n) is 4.14. The second-order valence-corrected chi connectivity index (χ2v) is 5.85. The van der Waals surface area contributed by atoms with Gasteiger partial charge in [-0.3, -0.25) is 4.79 Å². The van der Waals surface area contributed by atoms with Crippen LogP contribution in [-0.4, -0.2) is 29.9 Å². The first-order chi connectivity index (χ1) is 9.24. The molecule has 0 aromatic heterocycles. The number of nitrogens with one attached hydrogen (secondary N) is 1. The van der Waals surface area contributed by atoms with Gasteiger partial charge in [0.15, 0.2) is 0 Å². The average Bonchev–Trinajstić information content (AvgIpc) is 2.91. The van der Waals surface area contributed by atoms with Gasteiger partial charge in [-0.05, 0) is 43.0 Å². The Morgan fingerprint density at radius 3 is 3.05 bits per heavy atom. The predicted molar refractivity (Wildman–Crippen MR) is 83.5 cm³/mol. The lowest BCUT2D eigenvalue weighted by Crippen LogP contribution is -2.39. The number of hydrogen-bond donors (Lipinski definition) is 1. The van der Waals surface area contributed by atoms with Crippen molar-refractivity contribution in [3.63, 3.8) is 0 Å². The zero-order chi connectivity index (χ0) is 13.2. The molecule has 1 amide bonds. The van der Waals surface area contributed by atoms with Gasteiger partial charge in [-0.25, -0.2) is 0 Å². The molecule has 0 radical (unpaired) electrons. The van der Waals surface area contributed by atoms with Crippen LogP contribution >= 0.6 is 24.0 Å². The van der Waals surface area contributed by atoms with E-state index in [-0.39, 0.29) is 18.3 Å². The minimum Gasteiger partial charge on any atom is -0.338 e. The molecular formula is C15H20Cl2N2O. The highest BCUT2D eigenvalue weighted by molar-refractivity contribution is 6.31. The summed E-state index contributed by atoms with van der Waals surface area (Å²) in [5, 5.41) is 4.22. The molecule has 2 aliphatic heterocycles. The zero-order valence-electron chi connectivity index (χ0n) is 11.4. The molecule has 0 bridgehead atoms. The van der Waals surface area contributed by atoms with E-state index in [0.29, 0.717) is 19.0 Å². The van der Waals surface area contributed by atoms with E-state index in [9.17, 15) is 4.79 Å². The molecule has 2 heterocycles. The Bertz CT molecular complexity index is 487. The maximum atomic E-state index is 12.3. The van der Waals surface area contributed by atoms with E-state index in [1.54, 1.807) is 0 Å². The van der Waals surface area contributed by atoms with Gasteiger partial charge in [-0.1, -0.05) is 23.7 Å². The van der Waals surface area contributed by atoms with Crippen LogP contribution in [0.25, 0.3) is 0 Å². The van der Waals surface area contributed by atoms with E-state index in [0.717, 1.165) is 31.0 Å². The van der Waals surface area contributed by atoms with Crippen molar-refractivity contribution < 1.29 is 4.79 Å². The van der Waals surface area contributed by atoms with Gasteiger partial charge in [0.2, 0.25) is 5.91 Å². The smallest absolute Gasteiger partial charge is 0.224 e. The molecule has 110 valence electrons. The maximum Gasteiger partial charge on any atom is 0.224 e. The van der Waals surface area contributed by atoms with E-state index < -0.39 is 0 Å². The van der Waals surface area contributed by atoms with Crippen molar-refractivity contribution in [3.8, 4) is 0 Å². The van der Waals surface area contributed by atoms with E-state index in [1.807, 2.05) is 17.0 Å². The number of benzene rings is 1. The number of halogens is 2. The fraction of sp³-hybridized carbons (Fsp3) is 0.533. The molecule has 1 saturated heterocycles. The molecule has 0 saturated carbocycles. The molecule has 1 fully saturated rings. The topological polar surface area (TPSA) is 32.3 Å². The molecule has 1 unspecified atom stereocenters. The van der Waals surface area contributed by atoms with Crippen molar-refractivity contribution in [1.29, 1.82) is 0 Å². The Kier molecular flexibility index (Phi) is 5.30. The number of fused-ring (bicyclic) bond motifs is 1. The van der Waals surface area contributed by atoms with Gasteiger partial charge in [0.05, 0.1) is 0 Å². The Hall–Kier alpha value is -0.770. The maximum absolute atomic E-state index is 12.3. The molecule has 0 aliphatic carbocycles. The summed E-state index contributed by atoms with van der Waals surface area (Å²) in [6.45, 7) is 2.56. The van der Waals surface area contributed by atoms with Crippen LogP contribution < -0.4 is 5.32 Å². The SMILES string of the molecule is Cl.O=C(CC1CCCN1)N1CCc2c(Cl)cccc2C1. The number of hydrogen-bond acceptors (Lipinski definition) is 2. The Morgan fingerprint density at radius 2 is 2.30 bits per heavy atom. The number of rotatable bonds is 2.